The Morgan fingerprint density at radius 1 is 0.894 bits per heavy atom. The van der Waals surface area contributed by atoms with Crippen molar-refractivity contribution in [1.29, 1.82) is 0 Å². The molecule has 8 rings (SSSR count). The van der Waals surface area contributed by atoms with Crippen molar-refractivity contribution in [2.24, 2.45) is 40.4 Å². The summed E-state index contributed by atoms with van der Waals surface area (Å²) in [6.07, 6.45) is 13.7. The highest BCUT2D eigenvalue weighted by Crippen LogP contribution is 2.67. The summed E-state index contributed by atoms with van der Waals surface area (Å²) in [5.74, 6) is 3.56. The monoisotopic (exact) mass is 629 g/mol. The van der Waals surface area contributed by atoms with Crippen LogP contribution in [0.15, 0.2) is 66.2 Å². The maximum atomic E-state index is 13.3. The normalized spacial score (nSPS) is 32.4. The Morgan fingerprint density at radius 2 is 1.64 bits per heavy atom. The minimum Gasteiger partial charge on any atom is -0.462 e. The van der Waals surface area contributed by atoms with Gasteiger partial charge in [-0.3, -0.25) is 9.59 Å². The molecule has 4 heteroatoms. The summed E-state index contributed by atoms with van der Waals surface area (Å²) in [5.41, 5.74) is 3.39. The van der Waals surface area contributed by atoms with E-state index in [1.54, 1.807) is 12.5 Å². The first-order valence-electron chi connectivity index (χ1n) is 18.4. The fourth-order valence-electron chi connectivity index (χ4n) is 11.7. The van der Waals surface area contributed by atoms with Crippen LogP contribution in [0, 0.1) is 40.4 Å². The summed E-state index contributed by atoms with van der Waals surface area (Å²) >= 11 is 0. The molecule has 47 heavy (non-hydrogen) atoms. The molecule has 8 atom stereocenters. The van der Waals surface area contributed by atoms with Crippen LogP contribution in [-0.4, -0.2) is 18.0 Å². The Balaban J connectivity index is 0.904. The van der Waals surface area contributed by atoms with E-state index in [0.29, 0.717) is 30.2 Å². The number of amides is 1. The van der Waals surface area contributed by atoms with Gasteiger partial charge in [-0.1, -0.05) is 87.0 Å². The fourth-order valence-corrected chi connectivity index (χ4v) is 11.7. The largest absolute Gasteiger partial charge is 0.462 e. The van der Waals surface area contributed by atoms with E-state index in [9.17, 15) is 9.59 Å². The van der Waals surface area contributed by atoms with E-state index in [1.165, 1.54) is 70.0 Å². The summed E-state index contributed by atoms with van der Waals surface area (Å²) < 4.78 is 5.66. The summed E-state index contributed by atoms with van der Waals surface area (Å²) in [6.45, 7) is 9.67. The van der Waals surface area contributed by atoms with Crippen molar-refractivity contribution in [2.45, 2.75) is 105 Å². The summed E-state index contributed by atoms with van der Waals surface area (Å²) in [6, 6.07) is 19.8. The number of rotatable bonds is 7. The Hall–Kier alpha value is -3.40. The number of allylic oxidation sites excluding steroid dienone is 1. The molecule has 0 aromatic heterocycles. The van der Waals surface area contributed by atoms with E-state index < -0.39 is 0 Å². The number of hydrogen-bond acceptors (Lipinski definition) is 3. The molecular formula is C43H51NO3. The molecule has 3 saturated carbocycles. The Kier molecular flexibility index (Phi) is 7.65. The first-order chi connectivity index (χ1) is 22.7. The van der Waals surface area contributed by atoms with Crippen LogP contribution >= 0.6 is 0 Å². The van der Waals surface area contributed by atoms with Gasteiger partial charge in [-0.25, -0.2) is 0 Å². The predicted octanol–water partition coefficient (Wildman–Crippen LogP) is 10.1. The molecule has 3 fully saturated rings. The molecule has 4 aliphatic rings. The topological polar surface area (TPSA) is 55.4 Å². The van der Waals surface area contributed by atoms with Crippen molar-refractivity contribution in [3.63, 3.8) is 0 Å². The molecule has 0 spiro atoms. The van der Waals surface area contributed by atoms with Crippen LogP contribution in [-0.2, 0) is 20.9 Å². The van der Waals surface area contributed by atoms with Gasteiger partial charge >= 0.3 is 5.97 Å². The first kappa shape index (κ1) is 30.9. The second-order valence-electron chi connectivity index (χ2n) is 16.3. The Labute approximate surface area is 280 Å². The average molecular weight is 630 g/mol. The van der Waals surface area contributed by atoms with Crippen LogP contribution in [0.1, 0.15) is 97.5 Å². The van der Waals surface area contributed by atoms with Crippen molar-refractivity contribution in [3.8, 4) is 0 Å². The molecule has 0 bridgehead atoms. The summed E-state index contributed by atoms with van der Waals surface area (Å²) in [7, 11) is 0. The molecule has 0 saturated heterocycles. The molecule has 1 N–H and O–H groups in total. The standard InChI is InChI=1S/C43H51NO3/c1-26(8-19-39(46)44-25-31-12-11-30-10-9-28-6-5-7-29-13-15-34(31)41(30)40(28)29)36-17-18-37-35-16-14-32-24-33(47-27(2)45)20-22-42(32,3)38(35)21-23-43(36,37)4/h5-7,9-15,26,33,35-38H,8,16-25H2,1-4H3,(H,44,46)/t26-,33?,35+,36-,37+,38+,42+,43-/m1/s1. The van der Waals surface area contributed by atoms with E-state index in [-0.39, 0.29) is 23.4 Å². The van der Waals surface area contributed by atoms with Crippen molar-refractivity contribution in [2.75, 3.05) is 0 Å². The summed E-state index contributed by atoms with van der Waals surface area (Å²) in [4.78, 5) is 24.9. The van der Waals surface area contributed by atoms with Gasteiger partial charge in [-0.2, -0.15) is 0 Å². The third-order valence-corrected chi connectivity index (χ3v) is 14.1. The van der Waals surface area contributed by atoms with E-state index in [0.717, 1.165) is 43.4 Å². The molecule has 1 amide bonds. The Bertz CT molecular complexity index is 1860. The number of carbonyl (C=O) groups is 2. The van der Waals surface area contributed by atoms with Gasteiger partial charge in [0.1, 0.15) is 6.10 Å². The summed E-state index contributed by atoms with van der Waals surface area (Å²) in [5, 5.41) is 11.0. The van der Waals surface area contributed by atoms with E-state index in [4.69, 9.17) is 4.74 Å². The van der Waals surface area contributed by atoms with Crippen LogP contribution in [0.5, 0.6) is 0 Å². The molecule has 4 nitrogen and oxygen atoms in total. The smallest absolute Gasteiger partial charge is 0.302 e. The molecular weight excluding hydrogens is 578 g/mol. The molecule has 4 aromatic carbocycles. The quantitative estimate of drug-likeness (QED) is 0.126. The Morgan fingerprint density at radius 3 is 2.43 bits per heavy atom. The van der Waals surface area contributed by atoms with Gasteiger partial charge in [-0.15, -0.1) is 0 Å². The maximum Gasteiger partial charge on any atom is 0.302 e. The zero-order valence-corrected chi connectivity index (χ0v) is 28.7. The maximum absolute atomic E-state index is 13.3. The van der Waals surface area contributed by atoms with Crippen molar-refractivity contribution < 1.29 is 14.3 Å². The molecule has 0 heterocycles. The highest BCUT2D eigenvalue weighted by molar-refractivity contribution is 6.23. The third-order valence-electron chi connectivity index (χ3n) is 14.1. The minimum absolute atomic E-state index is 0.0620. The van der Waals surface area contributed by atoms with Crippen LogP contribution in [0.2, 0.25) is 0 Å². The molecule has 4 aromatic rings. The van der Waals surface area contributed by atoms with Crippen LogP contribution < -0.4 is 5.32 Å². The number of ether oxygens (including phenoxy) is 1. The van der Waals surface area contributed by atoms with Gasteiger partial charge in [-0.05, 0) is 130 Å². The van der Waals surface area contributed by atoms with E-state index in [2.05, 4.69) is 86.8 Å². The number of fused-ring (bicyclic) bond motifs is 5. The highest BCUT2D eigenvalue weighted by atomic mass is 16.5. The van der Waals surface area contributed by atoms with Gasteiger partial charge in [0, 0.05) is 26.3 Å². The lowest BCUT2D eigenvalue weighted by molar-refractivity contribution is -0.148. The lowest BCUT2D eigenvalue weighted by Crippen LogP contribution is -2.51. The van der Waals surface area contributed by atoms with Crippen molar-refractivity contribution in [1.82, 2.24) is 5.32 Å². The van der Waals surface area contributed by atoms with Crippen molar-refractivity contribution >= 4 is 44.2 Å². The SMILES string of the molecule is CC(=O)OC1CC[C@@]2(C)C(=CC[C@H]3[C@@H]4CC[C@H]([C@H](C)CCC(=O)NCc5ccc6ccc7cccc8ccc5c6c78)[C@@]4(C)CC[C@@H]32)C1. The van der Waals surface area contributed by atoms with Crippen molar-refractivity contribution in [3.05, 3.63) is 71.8 Å². The first-order valence-corrected chi connectivity index (χ1v) is 18.4. The van der Waals surface area contributed by atoms with E-state index >= 15 is 0 Å². The number of nitrogens with one attached hydrogen (secondary N) is 1. The minimum atomic E-state index is -0.145. The van der Waals surface area contributed by atoms with Gasteiger partial charge in [0.2, 0.25) is 5.91 Å². The van der Waals surface area contributed by atoms with Crippen LogP contribution in [0.4, 0.5) is 0 Å². The van der Waals surface area contributed by atoms with Gasteiger partial charge in [0.15, 0.2) is 0 Å². The second kappa shape index (κ2) is 11.6. The van der Waals surface area contributed by atoms with Crippen LogP contribution in [0.25, 0.3) is 32.3 Å². The fraction of sp³-hybridized carbons (Fsp3) is 0.535. The van der Waals surface area contributed by atoms with Gasteiger partial charge in [0.05, 0.1) is 0 Å². The molecule has 0 aliphatic heterocycles. The molecule has 0 radical (unpaired) electrons. The lowest BCUT2D eigenvalue weighted by Gasteiger charge is -2.58. The molecule has 1 unspecified atom stereocenters. The zero-order chi connectivity index (χ0) is 32.5. The van der Waals surface area contributed by atoms with Gasteiger partial charge in [0.25, 0.3) is 0 Å². The predicted molar refractivity (Wildman–Crippen MR) is 191 cm³/mol. The zero-order valence-electron chi connectivity index (χ0n) is 28.7. The third kappa shape index (κ3) is 5.08. The number of esters is 1. The number of carbonyl (C=O) groups excluding carboxylic acids is 2. The molecule has 246 valence electrons. The lowest BCUT2D eigenvalue weighted by atomic mass is 9.47. The molecule has 4 aliphatic carbocycles. The second-order valence-corrected chi connectivity index (χ2v) is 16.3. The highest BCUT2D eigenvalue weighted by Gasteiger charge is 2.59. The van der Waals surface area contributed by atoms with Crippen LogP contribution in [0.3, 0.4) is 0 Å². The number of benzene rings is 4. The van der Waals surface area contributed by atoms with Gasteiger partial charge < -0.3 is 10.1 Å². The average Bonchev–Trinajstić information content (AvgIpc) is 3.42. The van der Waals surface area contributed by atoms with E-state index in [1.807, 2.05) is 0 Å². The number of hydrogen-bond donors (Lipinski definition) is 1.